The number of halogens is 1. The monoisotopic (exact) mass is 327 g/mol. The maximum atomic E-state index is 13.8. The van der Waals surface area contributed by atoms with Gasteiger partial charge in [0.2, 0.25) is 0 Å². The van der Waals surface area contributed by atoms with Gasteiger partial charge in [-0.1, -0.05) is 18.7 Å². The van der Waals surface area contributed by atoms with Crippen molar-refractivity contribution < 1.29 is 9.18 Å². The van der Waals surface area contributed by atoms with E-state index in [1.807, 2.05) is 23.9 Å². The highest BCUT2D eigenvalue weighted by Crippen LogP contribution is 2.47. The summed E-state index contributed by atoms with van der Waals surface area (Å²) in [5, 5.41) is 0.221. The molecule has 1 aliphatic carbocycles. The Morgan fingerprint density at radius 1 is 1.30 bits per heavy atom. The lowest BCUT2D eigenvalue weighted by molar-refractivity contribution is -0.116. The van der Waals surface area contributed by atoms with Crippen molar-refractivity contribution in [3.05, 3.63) is 53.0 Å². The zero-order valence-electron chi connectivity index (χ0n) is 12.8. The molecule has 1 aromatic carbocycles. The lowest BCUT2D eigenvalue weighted by Crippen LogP contribution is -2.32. The van der Waals surface area contributed by atoms with Crippen molar-refractivity contribution in [1.82, 2.24) is 0 Å². The van der Waals surface area contributed by atoms with Gasteiger partial charge in [-0.05, 0) is 42.7 Å². The van der Waals surface area contributed by atoms with Crippen LogP contribution in [0.5, 0.6) is 0 Å². The van der Waals surface area contributed by atoms with Crippen LogP contribution in [-0.4, -0.2) is 22.5 Å². The molecule has 23 heavy (non-hydrogen) atoms. The largest absolute Gasteiger partial charge is 0.294 e. The molecule has 0 aromatic heterocycles. The van der Waals surface area contributed by atoms with Gasteiger partial charge in [0.1, 0.15) is 5.82 Å². The summed E-state index contributed by atoms with van der Waals surface area (Å²) < 4.78 is 13.8. The number of carbonyl (C=O) groups is 1. The minimum absolute atomic E-state index is 0.0112. The Morgan fingerprint density at radius 2 is 2.17 bits per heavy atom. The van der Waals surface area contributed by atoms with E-state index in [2.05, 4.69) is 6.58 Å². The van der Waals surface area contributed by atoms with Crippen LogP contribution in [0.4, 0.5) is 4.39 Å². The van der Waals surface area contributed by atoms with E-state index in [1.54, 1.807) is 0 Å². The molecule has 1 fully saturated rings. The van der Waals surface area contributed by atoms with E-state index in [0.29, 0.717) is 12.0 Å². The van der Waals surface area contributed by atoms with Crippen LogP contribution in [0, 0.1) is 5.82 Å². The van der Waals surface area contributed by atoms with Crippen LogP contribution in [0.15, 0.2) is 41.0 Å². The number of hydrogen-bond donors (Lipinski definition) is 0. The molecule has 2 atom stereocenters. The highest BCUT2D eigenvalue weighted by atomic mass is 32.2. The van der Waals surface area contributed by atoms with Crippen molar-refractivity contribution in [2.75, 3.05) is 5.75 Å². The number of rotatable bonds is 2. The van der Waals surface area contributed by atoms with Crippen molar-refractivity contribution in [2.45, 2.75) is 36.9 Å². The van der Waals surface area contributed by atoms with E-state index >= 15 is 0 Å². The standard InChI is InChI=1S/C19H18FNOS/c1-2-11-10-12(6-7-13(11)20)17-18-14(4-3-5-16(18)22)21-15-8-9-23-19(15)17/h2,6-7,10,17,19H,1,3-5,8-9H2/t17-,19?/m0/s1. The third-order valence-electron chi connectivity index (χ3n) is 4.90. The first-order chi connectivity index (χ1) is 11.2. The van der Waals surface area contributed by atoms with Crippen molar-refractivity contribution in [3.8, 4) is 0 Å². The number of allylic oxidation sites excluding steroid dienone is 2. The predicted octanol–water partition coefficient (Wildman–Crippen LogP) is 4.52. The summed E-state index contributed by atoms with van der Waals surface area (Å²) in [7, 11) is 0. The van der Waals surface area contributed by atoms with Gasteiger partial charge in [-0.25, -0.2) is 4.39 Å². The number of ketones is 1. The van der Waals surface area contributed by atoms with E-state index in [0.717, 1.165) is 41.8 Å². The van der Waals surface area contributed by atoms with Crippen LogP contribution in [-0.2, 0) is 4.79 Å². The average molecular weight is 327 g/mol. The van der Waals surface area contributed by atoms with Gasteiger partial charge in [0.15, 0.2) is 5.78 Å². The second-order valence-corrected chi connectivity index (χ2v) is 7.49. The predicted molar refractivity (Wildman–Crippen MR) is 93.4 cm³/mol. The maximum absolute atomic E-state index is 13.8. The molecule has 1 unspecified atom stereocenters. The van der Waals surface area contributed by atoms with Gasteiger partial charge in [0, 0.05) is 34.9 Å². The third-order valence-corrected chi connectivity index (χ3v) is 6.25. The van der Waals surface area contributed by atoms with Crippen molar-refractivity contribution >= 4 is 29.3 Å². The second kappa shape index (κ2) is 5.75. The molecule has 0 saturated carbocycles. The molecule has 2 aliphatic heterocycles. The summed E-state index contributed by atoms with van der Waals surface area (Å²) in [6, 6.07) is 5.16. The Bertz CT molecular complexity index is 765. The quantitative estimate of drug-likeness (QED) is 0.799. The zero-order valence-corrected chi connectivity index (χ0v) is 13.7. The summed E-state index contributed by atoms with van der Waals surface area (Å²) in [5.74, 6) is 1.01. The maximum Gasteiger partial charge on any atom is 0.161 e. The number of aliphatic imine (C=N–C) groups is 1. The van der Waals surface area contributed by atoms with Crippen LogP contribution >= 0.6 is 11.8 Å². The molecule has 0 bridgehead atoms. The first kappa shape index (κ1) is 14.9. The van der Waals surface area contributed by atoms with Crippen molar-refractivity contribution in [2.24, 2.45) is 4.99 Å². The molecule has 2 heterocycles. The Balaban J connectivity index is 1.87. The lowest BCUT2D eigenvalue weighted by atomic mass is 9.77. The van der Waals surface area contributed by atoms with Gasteiger partial charge in [-0.3, -0.25) is 9.79 Å². The lowest BCUT2D eigenvalue weighted by Gasteiger charge is -2.33. The molecule has 0 amide bonds. The minimum Gasteiger partial charge on any atom is -0.294 e. The summed E-state index contributed by atoms with van der Waals surface area (Å²) in [4.78, 5) is 17.4. The molecule has 2 nitrogen and oxygen atoms in total. The van der Waals surface area contributed by atoms with Crippen molar-refractivity contribution in [1.29, 1.82) is 0 Å². The Hall–Kier alpha value is -1.68. The summed E-state index contributed by atoms with van der Waals surface area (Å²) in [5.41, 5.74) is 4.57. The van der Waals surface area contributed by atoms with Crippen LogP contribution in [0.1, 0.15) is 42.7 Å². The first-order valence-electron chi connectivity index (χ1n) is 8.06. The highest BCUT2D eigenvalue weighted by molar-refractivity contribution is 8.01. The molecular weight excluding hydrogens is 309 g/mol. The average Bonchev–Trinajstić information content (AvgIpc) is 3.02. The third kappa shape index (κ3) is 2.40. The molecule has 1 aromatic rings. The van der Waals surface area contributed by atoms with Crippen LogP contribution in [0.3, 0.4) is 0 Å². The number of benzene rings is 1. The smallest absolute Gasteiger partial charge is 0.161 e. The van der Waals surface area contributed by atoms with Crippen LogP contribution in [0.25, 0.3) is 6.08 Å². The molecule has 1 saturated heterocycles. The van der Waals surface area contributed by atoms with Crippen molar-refractivity contribution in [3.63, 3.8) is 0 Å². The molecular formula is C19H18FNOS. The van der Waals surface area contributed by atoms with E-state index in [4.69, 9.17) is 4.99 Å². The molecule has 4 rings (SSSR count). The number of nitrogens with zero attached hydrogens (tertiary/aromatic N) is 1. The SMILES string of the molecule is C=Cc1cc([C@H]2C3=C(CCCC3=O)N=C3CCSC32)ccc1F. The topological polar surface area (TPSA) is 29.4 Å². The van der Waals surface area contributed by atoms with E-state index < -0.39 is 0 Å². The van der Waals surface area contributed by atoms with Crippen LogP contribution in [0.2, 0.25) is 0 Å². The van der Waals surface area contributed by atoms with Gasteiger partial charge in [0.05, 0.1) is 5.25 Å². The fraction of sp³-hybridized carbons (Fsp3) is 0.368. The highest BCUT2D eigenvalue weighted by Gasteiger charge is 2.42. The number of Topliss-reactive ketones (excluding diaryl/α,β-unsaturated/α-hetero) is 1. The fourth-order valence-electron chi connectivity index (χ4n) is 3.83. The summed E-state index contributed by atoms with van der Waals surface area (Å²) >= 11 is 1.87. The summed E-state index contributed by atoms with van der Waals surface area (Å²) in [6.45, 7) is 3.69. The van der Waals surface area contributed by atoms with Gasteiger partial charge in [-0.15, -0.1) is 0 Å². The van der Waals surface area contributed by atoms with Gasteiger partial charge < -0.3 is 0 Å². The normalized spacial score (nSPS) is 26.7. The number of carbonyl (C=O) groups excluding carboxylic acids is 1. The van der Waals surface area contributed by atoms with Crippen LogP contribution < -0.4 is 0 Å². The van der Waals surface area contributed by atoms with Gasteiger partial charge in [0.25, 0.3) is 0 Å². The Kier molecular flexibility index (Phi) is 3.72. The summed E-state index contributed by atoms with van der Waals surface area (Å²) in [6.07, 6.45) is 4.91. The van der Waals surface area contributed by atoms with E-state index in [1.165, 1.54) is 17.9 Å². The molecule has 0 radical (unpaired) electrons. The van der Waals surface area contributed by atoms with E-state index in [9.17, 15) is 9.18 Å². The molecule has 4 heteroatoms. The zero-order chi connectivity index (χ0) is 16.0. The fourth-order valence-corrected chi connectivity index (χ4v) is 5.26. The van der Waals surface area contributed by atoms with Gasteiger partial charge in [-0.2, -0.15) is 11.8 Å². The Labute approximate surface area is 139 Å². The number of hydrogen-bond acceptors (Lipinski definition) is 3. The molecule has 0 N–H and O–H groups in total. The first-order valence-corrected chi connectivity index (χ1v) is 9.11. The Morgan fingerprint density at radius 3 is 3.00 bits per heavy atom. The van der Waals surface area contributed by atoms with E-state index in [-0.39, 0.29) is 22.8 Å². The molecule has 3 aliphatic rings. The number of fused-ring (bicyclic) bond motifs is 1. The minimum atomic E-state index is -0.267. The number of thioether (sulfide) groups is 1. The van der Waals surface area contributed by atoms with Gasteiger partial charge >= 0.3 is 0 Å². The second-order valence-electron chi connectivity index (χ2n) is 6.24. The molecule has 0 spiro atoms. The molecule has 118 valence electrons.